The van der Waals surface area contributed by atoms with Crippen molar-refractivity contribution in [3.05, 3.63) is 54.1 Å². The maximum Gasteiger partial charge on any atom is 0.287 e. The summed E-state index contributed by atoms with van der Waals surface area (Å²) >= 11 is 0. The number of hydrogen-bond donors (Lipinski definition) is 4. The first-order valence-electron chi connectivity index (χ1n) is 7.73. The molecule has 0 unspecified atom stereocenters. The van der Waals surface area contributed by atoms with Crippen molar-refractivity contribution in [3.8, 4) is 11.1 Å². The summed E-state index contributed by atoms with van der Waals surface area (Å²) in [4.78, 5) is 19.5. The van der Waals surface area contributed by atoms with E-state index >= 15 is 0 Å². The molecular formula is C17H20FN5O+2. The quantitative estimate of drug-likeness (QED) is 0.526. The van der Waals surface area contributed by atoms with Crippen LogP contribution >= 0.6 is 0 Å². The lowest BCUT2D eigenvalue weighted by Gasteiger charge is -2.04. The summed E-state index contributed by atoms with van der Waals surface area (Å²) in [6, 6.07) is 12.0. The summed E-state index contributed by atoms with van der Waals surface area (Å²) < 4.78 is 13.0. The average Bonchev–Trinajstić information content (AvgIpc) is 3.03. The Morgan fingerprint density at radius 1 is 1.21 bits per heavy atom. The van der Waals surface area contributed by atoms with Gasteiger partial charge in [-0.2, -0.15) is 0 Å². The van der Waals surface area contributed by atoms with Crippen molar-refractivity contribution in [3.63, 3.8) is 0 Å². The van der Waals surface area contributed by atoms with Gasteiger partial charge in [0.2, 0.25) is 0 Å². The van der Waals surface area contributed by atoms with Gasteiger partial charge in [-0.3, -0.25) is 4.79 Å². The first-order valence-corrected chi connectivity index (χ1v) is 7.73. The molecule has 0 aliphatic heterocycles. The molecule has 3 rings (SSSR count). The highest BCUT2D eigenvalue weighted by atomic mass is 19.1. The fourth-order valence-corrected chi connectivity index (χ4v) is 2.36. The molecule has 1 amide bonds. The SMILES string of the molecule is [NH3+]C[C@H]([NH3+])CNC(=O)c1nc2ccc(-c3ccc(F)cc3)cc2[nH]1. The minimum atomic E-state index is -0.272. The van der Waals surface area contributed by atoms with Crippen LogP contribution in [0.2, 0.25) is 0 Å². The van der Waals surface area contributed by atoms with Crippen molar-refractivity contribution in [1.29, 1.82) is 0 Å². The molecule has 0 saturated heterocycles. The van der Waals surface area contributed by atoms with E-state index in [1.807, 2.05) is 18.2 Å². The maximum absolute atomic E-state index is 13.0. The number of carbonyl (C=O) groups is 1. The fraction of sp³-hybridized carbons (Fsp3) is 0.176. The zero-order valence-electron chi connectivity index (χ0n) is 13.2. The number of amides is 1. The number of rotatable bonds is 5. The number of aromatic amines is 1. The summed E-state index contributed by atoms with van der Waals surface area (Å²) in [5.41, 5.74) is 10.9. The Labute approximate surface area is 138 Å². The van der Waals surface area contributed by atoms with Crippen LogP contribution in [0.25, 0.3) is 22.2 Å². The lowest BCUT2D eigenvalue weighted by molar-refractivity contribution is -0.490. The third-order valence-corrected chi connectivity index (χ3v) is 3.83. The normalized spacial score (nSPS) is 12.3. The molecule has 24 heavy (non-hydrogen) atoms. The predicted molar refractivity (Wildman–Crippen MR) is 88.3 cm³/mol. The van der Waals surface area contributed by atoms with Crippen molar-refractivity contribution in [2.75, 3.05) is 13.1 Å². The summed E-state index contributed by atoms with van der Waals surface area (Å²) in [7, 11) is 0. The molecule has 1 heterocycles. The van der Waals surface area contributed by atoms with Gasteiger partial charge >= 0.3 is 0 Å². The van der Waals surface area contributed by atoms with Gasteiger partial charge in [0.1, 0.15) is 12.4 Å². The third-order valence-electron chi connectivity index (χ3n) is 3.83. The molecule has 0 spiro atoms. The number of nitrogens with one attached hydrogen (secondary N) is 2. The Hall–Kier alpha value is -2.77. The molecule has 6 nitrogen and oxygen atoms in total. The van der Waals surface area contributed by atoms with E-state index in [0.29, 0.717) is 18.6 Å². The van der Waals surface area contributed by atoms with Crippen LogP contribution < -0.4 is 16.8 Å². The van der Waals surface area contributed by atoms with E-state index in [0.717, 1.165) is 16.6 Å². The molecule has 1 atom stereocenters. The van der Waals surface area contributed by atoms with Crippen molar-refractivity contribution in [2.24, 2.45) is 0 Å². The van der Waals surface area contributed by atoms with Crippen LogP contribution in [0.3, 0.4) is 0 Å². The molecule has 0 bridgehead atoms. The van der Waals surface area contributed by atoms with Gasteiger partial charge in [-0.15, -0.1) is 0 Å². The van der Waals surface area contributed by atoms with Gasteiger partial charge in [0.15, 0.2) is 11.9 Å². The number of H-pyrrole nitrogens is 1. The smallest absolute Gasteiger partial charge is 0.287 e. The van der Waals surface area contributed by atoms with Crippen LogP contribution in [0.5, 0.6) is 0 Å². The van der Waals surface area contributed by atoms with Crippen LogP contribution in [0, 0.1) is 5.82 Å². The molecule has 124 valence electrons. The molecule has 0 aliphatic carbocycles. The van der Waals surface area contributed by atoms with E-state index < -0.39 is 0 Å². The van der Waals surface area contributed by atoms with Gasteiger partial charge in [0.25, 0.3) is 5.91 Å². The van der Waals surface area contributed by atoms with Crippen LogP contribution in [0.4, 0.5) is 4.39 Å². The van der Waals surface area contributed by atoms with Crippen LogP contribution in [0.1, 0.15) is 10.6 Å². The molecule has 2 aromatic carbocycles. The van der Waals surface area contributed by atoms with Crippen molar-refractivity contribution < 1.29 is 20.7 Å². The van der Waals surface area contributed by atoms with E-state index in [9.17, 15) is 9.18 Å². The Kier molecular flexibility index (Phi) is 4.54. The number of halogens is 1. The number of aromatic nitrogens is 2. The molecule has 1 aromatic heterocycles. The minimum absolute atomic E-state index is 0.0726. The van der Waals surface area contributed by atoms with E-state index in [-0.39, 0.29) is 23.6 Å². The van der Waals surface area contributed by atoms with Crippen molar-refractivity contribution in [1.82, 2.24) is 15.3 Å². The van der Waals surface area contributed by atoms with Gasteiger partial charge in [-0.1, -0.05) is 18.2 Å². The lowest BCUT2D eigenvalue weighted by Crippen LogP contribution is -2.75. The molecule has 8 N–H and O–H groups in total. The van der Waals surface area contributed by atoms with E-state index in [2.05, 4.69) is 26.8 Å². The van der Waals surface area contributed by atoms with Gasteiger partial charge in [0, 0.05) is 0 Å². The first kappa shape index (κ1) is 16.1. The second-order valence-corrected chi connectivity index (χ2v) is 5.69. The van der Waals surface area contributed by atoms with Crippen LogP contribution in [-0.2, 0) is 0 Å². The number of benzene rings is 2. The second kappa shape index (κ2) is 6.77. The molecule has 3 aromatic rings. The zero-order valence-corrected chi connectivity index (χ0v) is 13.2. The zero-order chi connectivity index (χ0) is 17.1. The van der Waals surface area contributed by atoms with E-state index in [4.69, 9.17) is 0 Å². The van der Waals surface area contributed by atoms with E-state index in [1.165, 1.54) is 12.1 Å². The van der Waals surface area contributed by atoms with Gasteiger partial charge < -0.3 is 21.8 Å². The van der Waals surface area contributed by atoms with Gasteiger partial charge in [0.05, 0.1) is 17.6 Å². The van der Waals surface area contributed by atoms with Gasteiger partial charge in [-0.25, -0.2) is 9.37 Å². The number of nitrogens with zero attached hydrogens (tertiary/aromatic N) is 1. The Morgan fingerprint density at radius 2 is 1.92 bits per heavy atom. The minimum Gasteiger partial charge on any atom is -0.353 e. The lowest BCUT2D eigenvalue weighted by atomic mass is 10.1. The predicted octanol–water partition coefficient (Wildman–Crippen LogP) is -0.0488. The Morgan fingerprint density at radius 3 is 2.62 bits per heavy atom. The topological polar surface area (TPSA) is 113 Å². The number of fused-ring (bicyclic) bond motifs is 1. The average molecular weight is 329 g/mol. The summed E-state index contributed by atoms with van der Waals surface area (Å²) in [5.74, 6) is -0.277. The summed E-state index contributed by atoms with van der Waals surface area (Å²) in [5, 5.41) is 2.79. The summed E-state index contributed by atoms with van der Waals surface area (Å²) in [6.07, 6.45) is 0. The molecule has 0 aliphatic rings. The van der Waals surface area contributed by atoms with Crippen molar-refractivity contribution in [2.45, 2.75) is 6.04 Å². The molecule has 7 heteroatoms. The highest BCUT2D eigenvalue weighted by Crippen LogP contribution is 2.23. The van der Waals surface area contributed by atoms with Crippen molar-refractivity contribution >= 4 is 16.9 Å². The second-order valence-electron chi connectivity index (χ2n) is 5.69. The Bertz CT molecular complexity index is 859. The number of hydrogen-bond acceptors (Lipinski definition) is 2. The monoisotopic (exact) mass is 329 g/mol. The highest BCUT2D eigenvalue weighted by molar-refractivity contribution is 5.94. The number of carbonyl (C=O) groups excluding carboxylic acids is 1. The molecular weight excluding hydrogens is 309 g/mol. The Balaban J connectivity index is 1.83. The van der Waals surface area contributed by atoms with Gasteiger partial charge in [-0.05, 0) is 35.4 Å². The summed E-state index contributed by atoms with van der Waals surface area (Å²) in [6.45, 7) is 1.11. The third kappa shape index (κ3) is 3.42. The van der Waals surface area contributed by atoms with E-state index in [1.54, 1.807) is 12.1 Å². The number of imidazole rings is 1. The standard InChI is InChI=1S/C17H18FN5O/c18-12-4-1-10(2-5-12)11-3-6-14-15(7-11)23-16(22-14)17(24)21-9-13(20)8-19/h1-7,13H,8-9,19-20H2,(H,21,24)(H,22,23)/p+2/t13-/m0/s1. The highest BCUT2D eigenvalue weighted by Gasteiger charge is 2.14. The first-order chi connectivity index (χ1) is 11.6. The molecule has 0 radical (unpaired) electrons. The largest absolute Gasteiger partial charge is 0.353 e. The molecule has 0 fully saturated rings. The van der Waals surface area contributed by atoms with Crippen LogP contribution in [-0.4, -0.2) is 35.0 Å². The van der Waals surface area contributed by atoms with Crippen LogP contribution in [0.15, 0.2) is 42.5 Å². The fourth-order valence-electron chi connectivity index (χ4n) is 2.36. The number of quaternary nitrogens is 2. The maximum atomic E-state index is 13.0. The molecule has 0 saturated carbocycles.